The van der Waals surface area contributed by atoms with E-state index >= 15 is 0 Å². The Morgan fingerprint density at radius 3 is 2.39 bits per heavy atom. The smallest absolute Gasteiger partial charge is 0.258 e. The van der Waals surface area contributed by atoms with Crippen molar-refractivity contribution in [3.8, 4) is 11.5 Å². The zero-order valence-electron chi connectivity index (χ0n) is 17.0. The summed E-state index contributed by atoms with van der Waals surface area (Å²) in [5.74, 6) is 0.980. The predicted molar refractivity (Wildman–Crippen MR) is 135 cm³/mol. The van der Waals surface area contributed by atoms with E-state index in [2.05, 4.69) is 26.6 Å². The Bertz CT molecular complexity index is 1180. The second-order valence-electron chi connectivity index (χ2n) is 6.91. The standard InChI is InChI=1S/C23H19BrCl2N2O2S/c1-12-10-15(24)8-9-18(12)30-19-11-13(2)21(20(26)14(19)3)27-23(31)28-22(29)16-6-4-5-7-17(16)25/h4-11H,1-3H3,(H2,27,28,29,31). The fourth-order valence-electron chi connectivity index (χ4n) is 2.91. The van der Waals surface area contributed by atoms with Gasteiger partial charge in [-0.15, -0.1) is 0 Å². The van der Waals surface area contributed by atoms with Gasteiger partial charge < -0.3 is 10.1 Å². The first-order chi connectivity index (χ1) is 14.7. The molecule has 0 radical (unpaired) electrons. The molecule has 0 aliphatic heterocycles. The van der Waals surface area contributed by atoms with Crippen LogP contribution in [0.2, 0.25) is 10.0 Å². The largest absolute Gasteiger partial charge is 0.457 e. The van der Waals surface area contributed by atoms with Crippen LogP contribution in [0, 0.1) is 20.8 Å². The Balaban J connectivity index is 1.79. The van der Waals surface area contributed by atoms with E-state index in [9.17, 15) is 4.79 Å². The fourth-order valence-corrected chi connectivity index (χ4v) is 4.09. The number of carbonyl (C=O) groups excluding carboxylic acids is 1. The number of amides is 1. The van der Waals surface area contributed by atoms with Crippen molar-refractivity contribution in [3.63, 3.8) is 0 Å². The summed E-state index contributed by atoms with van der Waals surface area (Å²) in [6, 6.07) is 14.4. The molecule has 3 rings (SSSR count). The van der Waals surface area contributed by atoms with Crippen LogP contribution in [0.4, 0.5) is 5.69 Å². The van der Waals surface area contributed by atoms with Gasteiger partial charge in [0.1, 0.15) is 11.5 Å². The van der Waals surface area contributed by atoms with Crippen molar-refractivity contribution in [2.45, 2.75) is 20.8 Å². The summed E-state index contributed by atoms with van der Waals surface area (Å²) in [4.78, 5) is 12.4. The first-order valence-electron chi connectivity index (χ1n) is 9.28. The van der Waals surface area contributed by atoms with Crippen molar-refractivity contribution in [2.75, 3.05) is 5.32 Å². The molecule has 0 aromatic heterocycles. The molecular weight excluding hydrogens is 519 g/mol. The molecular formula is C23H19BrCl2N2O2S. The van der Waals surface area contributed by atoms with E-state index in [-0.39, 0.29) is 5.11 Å². The first kappa shape index (κ1) is 23.5. The van der Waals surface area contributed by atoms with Crippen LogP contribution in [0.3, 0.4) is 0 Å². The Hall–Kier alpha value is -2.12. The van der Waals surface area contributed by atoms with Gasteiger partial charge in [-0.3, -0.25) is 10.1 Å². The topological polar surface area (TPSA) is 50.4 Å². The molecule has 0 unspecified atom stereocenters. The highest BCUT2D eigenvalue weighted by atomic mass is 79.9. The summed E-state index contributed by atoms with van der Waals surface area (Å²) in [5.41, 5.74) is 3.49. The molecule has 0 fully saturated rings. The van der Waals surface area contributed by atoms with E-state index in [1.54, 1.807) is 24.3 Å². The van der Waals surface area contributed by atoms with Crippen LogP contribution in [-0.2, 0) is 0 Å². The van der Waals surface area contributed by atoms with Gasteiger partial charge in [-0.25, -0.2) is 0 Å². The van der Waals surface area contributed by atoms with Crippen molar-refractivity contribution in [3.05, 3.63) is 85.3 Å². The van der Waals surface area contributed by atoms with Gasteiger partial charge >= 0.3 is 0 Å². The predicted octanol–water partition coefficient (Wildman–Crippen LogP) is 7.60. The number of carbonyl (C=O) groups is 1. The van der Waals surface area contributed by atoms with Crippen molar-refractivity contribution in [2.24, 2.45) is 0 Å². The molecule has 0 aliphatic carbocycles. The third-order valence-corrected chi connectivity index (χ3v) is 6.10. The van der Waals surface area contributed by atoms with Gasteiger partial charge in [0.15, 0.2) is 5.11 Å². The number of hydrogen-bond donors (Lipinski definition) is 2. The highest BCUT2D eigenvalue weighted by Gasteiger charge is 2.17. The zero-order valence-corrected chi connectivity index (χ0v) is 20.9. The lowest BCUT2D eigenvalue weighted by atomic mass is 10.1. The normalized spacial score (nSPS) is 10.5. The van der Waals surface area contributed by atoms with Crippen LogP contribution < -0.4 is 15.4 Å². The third kappa shape index (κ3) is 5.57. The second kappa shape index (κ2) is 10.0. The molecule has 0 saturated heterocycles. The zero-order chi connectivity index (χ0) is 22.7. The van der Waals surface area contributed by atoms with E-state index in [0.29, 0.717) is 27.0 Å². The number of nitrogens with one attached hydrogen (secondary N) is 2. The van der Waals surface area contributed by atoms with E-state index < -0.39 is 5.91 Å². The maximum absolute atomic E-state index is 12.4. The monoisotopic (exact) mass is 536 g/mol. The summed E-state index contributed by atoms with van der Waals surface area (Å²) >= 11 is 21.4. The van der Waals surface area contributed by atoms with E-state index in [4.69, 9.17) is 40.2 Å². The van der Waals surface area contributed by atoms with Crippen molar-refractivity contribution in [1.29, 1.82) is 0 Å². The summed E-state index contributed by atoms with van der Waals surface area (Å²) in [5, 5.41) is 6.56. The molecule has 1 amide bonds. The molecule has 0 bridgehead atoms. The van der Waals surface area contributed by atoms with Crippen LogP contribution in [0.15, 0.2) is 53.0 Å². The minimum Gasteiger partial charge on any atom is -0.457 e. The summed E-state index contributed by atoms with van der Waals surface area (Å²) in [6.07, 6.45) is 0. The van der Waals surface area contributed by atoms with Crippen molar-refractivity contribution < 1.29 is 9.53 Å². The number of aryl methyl sites for hydroxylation is 2. The molecule has 0 heterocycles. The lowest BCUT2D eigenvalue weighted by Crippen LogP contribution is -2.34. The quantitative estimate of drug-likeness (QED) is 0.336. The van der Waals surface area contributed by atoms with Gasteiger partial charge in [0.05, 0.1) is 21.3 Å². The molecule has 31 heavy (non-hydrogen) atoms. The maximum atomic E-state index is 12.4. The Labute approximate surface area is 205 Å². The van der Waals surface area contributed by atoms with Gasteiger partial charge in [0, 0.05) is 10.0 Å². The molecule has 160 valence electrons. The summed E-state index contributed by atoms with van der Waals surface area (Å²) < 4.78 is 7.08. The number of ether oxygens (including phenoxy) is 1. The van der Waals surface area contributed by atoms with Crippen molar-refractivity contribution >= 4 is 68.1 Å². The number of thiocarbonyl (C=S) groups is 1. The minimum absolute atomic E-state index is 0.117. The van der Waals surface area contributed by atoms with Crippen LogP contribution in [0.25, 0.3) is 0 Å². The van der Waals surface area contributed by atoms with E-state index in [1.807, 2.05) is 45.0 Å². The van der Waals surface area contributed by atoms with Gasteiger partial charge in [-0.1, -0.05) is 51.3 Å². The maximum Gasteiger partial charge on any atom is 0.258 e. The summed E-state index contributed by atoms with van der Waals surface area (Å²) in [6.45, 7) is 5.72. The van der Waals surface area contributed by atoms with Crippen LogP contribution >= 0.6 is 51.3 Å². The highest BCUT2D eigenvalue weighted by Crippen LogP contribution is 2.38. The van der Waals surface area contributed by atoms with E-state index in [0.717, 1.165) is 26.9 Å². The summed E-state index contributed by atoms with van der Waals surface area (Å²) in [7, 11) is 0. The number of hydrogen-bond acceptors (Lipinski definition) is 3. The van der Waals surface area contributed by atoms with Crippen LogP contribution in [0.5, 0.6) is 11.5 Å². The number of benzene rings is 3. The lowest BCUT2D eigenvalue weighted by Gasteiger charge is -2.18. The molecule has 3 aromatic rings. The Morgan fingerprint density at radius 2 is 1.71 bits per heavy atom. The van der Waals surface area contributed by atoms with Crippen molar-refractivity contribution in [1.82, 2.24) is 5.32 Å². The third-order valence-electron chi connectivity index (χ3n) is 4.60. The minimum atomic E-state index is -0.403. The molecule has 2 N–H and O–H groups in total. The van der Waals surface area contributed by atoms with Gasteiger partial charge in [-0.2, -0.15) is 0 Å². The second-order valence-corrected chi connectivity index (χ2v) is 9.01. The molecule has 0 saturated carbocycles. The van der Waals surface area contributed by atoms with Crippen LogP contribution in [-0.4, -0.2) is 11.0 Å². The first-order valence-corrected chi connectivity index (χ1v) is 11.2. The highest BCUT2D eigenvalue weighted by molar-refractivity contribution is 9.10. The Morgan fingerprint density at radius 1 is 1.00 bits per heavy atom. The number of rotatable bonds is 4. The average molecular weight is 538 g/mol. The number of anilines is 1. The SMILES string of the molecule is Cc1cc(Br)ccc1Oc1cc(C)c(NC(=S)NC(=O)c2ccccc2Cl)c(Cl)c1C. The average Bonchev–Trinajstić information content (AvgIpc) is 2.71. The fraction of sp³-hybridized carbons (Fsp3) is 0.130. The lowest BCUT2D eigenvalue weighted by molar-refractivity contribution is 0.0978. The molecule has 0 aliphatic rings. The molecule has 0 spiro atoms. The molecule has 3 aromatic carbocycles. The molecule has 4 nitrogen and oxygen atoms in total. The molecule has 8 heteroatoms. The van der Waals surface area contributed by atoms with Gasteiger partial charge in [0.25, 0.3) is 5.91 Å². The Kier molecular flexibility index (Phi) is 7.59. The molecule has 0 atom stereocenters. The van der Waals surface area contributed by atoms with Gasteiger partial charge in [-0.05, 0) is 80.5 Å². The number of halogens is 3. The van der Waals surface area contributed by atoms with Gasteiger partial charge in [0.2, 0.25) is 0 Å². The van der Waals surface area contributed by atoms with Crippen LogP contribution in [0.1, 0.15) is 27.0 Å². The van der Waals surface area contributed by atoms with E-state index in [1.165, 1.54) is 0 Å².